The molecule has 0 saturated heterocycles. The van der Waals surface area contributed by atoms with Crippen molar-refractivity contribution in [2.75, 3.05) is 13.2 Å². The van der Waals surface area contributed by atoms with Crippen molar-refractivity contribution >= 4 is 16.7 Å². The molecule has 1 aromatic heterocycles. The molecule has 0 radical (unpaired) electrons. The zero-order valence-electron chi connectivity index (χ0n) is 18.8. The molecule has 2 N–H and O–H groups in total. The van der Waals surface area contributed by atoms with Crippen LogP contribution in [0.3, 0.4) is 0 Å². The van der Waals surface area contributed by atoms with Crippen LogP contribution in [0.5, 0.6) is 11.5 Å². The minimum Gasteiger partial charge on any atom is -0.494 e. The van der Waals surface area contributed by atoms with Crippen molar-refractivity contribution < 1.29 is 14.3 Å². The van der Waals surface area contributed by atoms with Crippen molar-refractivity contribution in [3.05, 3.63) is 100 Å². The van der Waals surface area contributed by atoms with Crippen molar-refractivity contribution in [2.24, 2.45) is 0 Å². The first-order valence-corrected chi connectivity index (χ1v) is 11.3. The number of rotatable bonds is 11. The van der Waals surface area contributed by atoms with Gasteiger partial charge >= 0.3 is 0 Å². The van der Waals surface area contributed by atoms with Crippen LogP contribution in [0.4, 0.5) is 0 Å². The van der Waals surface area contributed by atoms with Gasteiger partial charge in [0.2, 0.25) is 5.91 Å². The van der Waals surface area contributed by atoms with Gasteiger partial charge in [-0.05, 0) is 48.7 Å². The second-order valence-electron chi connectivity index (χ2n) is 7.87. The Balaban J connectivity index is 1.13. The molecule has 7 heteroatoms. The summed E-state index contributed by atoms with van der Waals surface area (Å²) < 4.78 is 11.6. The molecule has 4 rings (SSSR count). The van der Waals surface area contributed by atoms with Crippen LogP contribution in [0.1, 0.15) is 24.1 Å². The highest BCUT2D eigenvalue weighted by molar-refractivity contribution is 5.88. The minimum atomic E-state index is -0.255. The first-order chi connectivity index (χ1) is 16.7. The van der Waals surface area contributed by atoms with Crippen LogP contribution in [-0.2, 0) is 17.8 Å². The Hall–Kier alpha value is -4.13. The van der Waals surface area contributed by atoms with Crippen molar-refractivity contribution in [1.82, 2.24) is 15.5 Å². The third-order valence-corrected chi connectivity index (χ3v) is 5.34. The van der Waals surface area contributed by atoms with Crippen LogP contribution in [0.25, 0.3) is 10.8 Å². The number of benzene rings is 3. The van der Waals surface area contributed by atoms with Crippen molar-refractivity contribution in [3.63, 3.8) is 0 Å². The maximum atomic E-state index is 12.3. The standard InChI is InChI=1S/C27H27N3O4/c31-26(18-25-23-10-4-5-11-24(23)27(32)30-29-25)28-16-6-7-17-33-21-12-14-22(15-13-21)34-19-20-8-2-1-3-9-20/h1-5,8-15H,6-7,16-19H2,(H,28,31)(H,30,32). The van der Waals surface area contributed by atoms with Gasteiger partial charge in [-0.15, -0.1) is 0 Å². The van der Waals surface area contributed by atoms with Gasteiger partial charge in [-0.25, -0.2) is 5.10 Å². The summed E-state index contributed by atoms with van der Waals surface area (Å²) in [5, 5.41) is 10.6. The van der Waals surface area contributed by atoms with Gasteiger partial charge in [0.15, 0.2) is 0 Å². The molecule has 0 aliphatic carbocycles. The summed E-state index contributed by atoms with van der Waals surface area (Å²) in [4.78, 5) is 24.1. The molecule has 4 aromatic rings. The van der Waals surface area contributed by atoms with E-state index in [1.807, 2.05) is 60.7 Å². The number of hydrogen-bond acceptors (Lipinski definition) is 5. The zero-order chi connectivity index (χ0) is 23.6. The number of ether oxygens (including phenoxy) is 2. The first-order valence-electron chi connectivity index (χ1n) is 11.3. The largest absolute Gasteiger partial charge is 0.494 e. The molecule has 34 heavy (non-hydrogen) atoms. The fourth-order valence-electron chi connectivity index (χ4n) is 3.54. The number of fused-ring (bicyclic) bond motifs is 1. The van der Waals surface area contributed by atoms with E-state index in [2.05, 4.69) is 15.5 Å². The molecule has 7 nitrogen and oxygen atoms in total. The molecule has 0 bridgehead atoms. The molecular weight excluding hydrogens is 430 g/mol. The topological polar surface area (TPSA) is 93.3 Å². The molecule has 3 aromatic carbocycles. The third-order valence-electron chi connectivity index (χ3n) is 5.34. The number of aromatic nitrogens is 2. The predicted octanol–water partition coefficient (Wildman–Crippen LogP) is 4.02. The molecule has 0 aliphatic heterocycles. The van der Waals surface area contributed by atoms with E-state index in [1.54, 1.807) is 18.2 Å². The summed E-state index contributed by atoms with van der Waals surface area (Å²) in [5.74, 6) is 1.45. The number of aromatic amines is 1. The van der Waals surface area contributed by atoms with Crippen LogP contribution in [0.2, 0.25) is 0 Å². The lowest BCUT2D eigenvalue weighted by Crippen LogP contribution is -2.27. The van der Waals surface area contributed by atoms with E-state index in [1.165, 1.54) is 0 Å². The molecule has 0 unspecified atom stereocenters. The fraction of sp³-hybridized carbons (Fsp3) is 0.222. The summed E-state index contributed by atoms with van der Waals surface area (Å²) in [5.41, 5.74) is 1.43. The summed E-state index contributed by atoms with van der Waals surface area (Å²) in [6.07, 6.45) is 1.72. The van der Waals surface area contributed by atoms with Gasteiger partial charge in [0.05, 0.1) is 24.1 Å². The maximum absolute atomic E-state index is 12.3. The van der Waals surface area contributed by atoms with E-state index in [0.29, 0.717) is 36.2 Å². The fourth-order valence-corrected chi connectivity index (χ4v) is 3.54. The van der Waals surface area contributed by atoms with Gasteiger partial charge in [-0.3, -0.25) is 9.59 Å². The number of nitrogens with one attached hydrogen (secondary N) is 2. The molecule has 0 spiro atoms. The van der Waals surface area contributed by atoms with E-state index in [9.17, 15) is 9.59 Å². The van der Waals surface area contributed by atoms with Crippen molar-refractivity contribution in [1.29, 1.82) is 0 Å². The zero-order valence-corrected chi connectivity index (χ0v) is 18.8. The lowest BCUT2D eigenvalue weighted by molar-refractivity contribution is -0.120. The number of H-pyrrole nitrogens is 1. The van der Waals surface area contributed by atoms with Crippen LogP contribution in [-0.4, -0.2) is 29.3 Å². The van der Waals surface area contributed by atoms with Crippen molar-refractivity contribution in [3.8, 4) is 11.5 Å². The molecule has 1 heterocycles. The minimum absolute atomic E-state index is 0.118. The van der Waals surface area contributed by atoms with Gasteiger partial charge in [0.25, 0.3) is 5.56 Å². The smallest absolute Gasteiger partial charge is 0.272 e. The van der Waals surface area contributed by atoms with Gasteiger partial charge in [-0.1, -0.05) is 48.5 Å². The van der Waals surface area contributed by atoms with Gasteiger partial charge in [0.1, 0.15) is 18.1 Å². The first kappa shape index (κ1) is 23.0. The molecule has 0 saturated carbocycles. The van der Waals surface area contributed by atoms with E-state index in [-0.39, 0.29) is 17.9 Å². The highest BCUT2D eigenvalue weighted by atomic mass is 16.5. The Morgan fingerprint density at radius 3 is 2.26 bits per heavy atom. The molecule has 0 fully saturated rings. The lowest BCUT2D eigenvalue weighted by atomic mass is 10.1. The Morgan fingerprint density at radius 1 is 0.824 bits per heavy atom. The molecule has 0 atom stereocenters. The summed E-state index contributed by atoms with van der Waals surface area (Å²) in [6.45, 7) is 1.64. The SMILES string of the molecule is O=C(Cc1n[nH]c(=O)c2ccccc12)NCCCCOc1ccc(OCc2ccccc2)cc1. The second kappa shape index (κ2) is 11.7. The van der Waals surface area contributed by atoms with Gasteiger partial charge in [0, 0.05) is 11.9 Å². The lowest BCUT2D eigenvalue weighted by Gasteiger charge is -2.09. The highest BCUT2D eigenvalue weighted by Gasteiger charge is 2.10. The monoisotopic (exact) mass is 457 g/mol. The molecule has 0 aliphatic rings. The van der Waals surface area contributed by atoms with Crippen molar-refractivity contribution in [2.45, 2.75) is 25.9 Å². The predicted molar refractivity (Wildman–Crippen MR) is 131 cm³/mol. The van der Waals surface area contributed by atoms with E-state index in [4.69, 9.17) is 9.47 Å². The van der Waals surface area contributed by atoms with Crippen LogP contribution < -0.4 is 20.3 Å². The molecule has 174 valence electrons. The van der Waals surface area contributed by atoms with E-state index in [0.717, 1.165) is 29.9 Å². The number of carbonyl (C=O) groups excluding carboxylic acids is 1. The van der Waals surface area contributed by atoms with E-state index >= 15 is 0 Å². The number of unbranched alkanes of at least 4 members (excludes halogenated alkanes) is 1. The number of amides is 1. The number of hydrogen-bond donors (Lipinski definition) is 2. The number of nitrogens with zero attached hydrogens (tertiary/aromatic N) is 1. The maximum Gasteiger partial charge on any atom is 0.272 e. The summed E-state index contributed by atoms with van der Waals surface area (Å²) in [6, 6.07) is 24.8. The second-order valence-corrected chi connectivity index (χ2v) is 7.87. The summed E-state index contributed by atoms with van der Waals surface area (Å²) in [7, 11) is 0. The quantitative estimate of drug-likeness (QED) is 0.332. The third kappa shape index (κ3) is 6.45. The van der Waals surface area contributed by atoms with Gasteiger partial charge in [-0.2, -0.15) is 5.10 Å². The summed E-state index contributed by atoms with van der Waals surface area (Å²) >= 11 is 0. The van der Waals surface area contributed by atoms with Crippen LogP contribution >= 0.6 is 0 Å². The number of carbonyl (C=O) groups is 1. The Morgan fingerprint density at radius 2 is 1.50 bits per heavy atom. The van der Waals surface area contributed by atoms with E-state index < -0.39 is 0 Å². The Labute approximate surface area is 197 Å². The average molecular weight is 458 g/mol. The molecular formula is C27H27N3O4. The average Bonchev–Trinajstić information content (AvgIpc) is 2.88. The van der Waals surface area contributed by atoms with Crippen LogP contribution in [0.15, 0.2) is 83.7 Å². The van der Waals surface area contributed by atoms with Crippen LogP contribution in [0, 0.1) is 0 Å². The van der Waals surface area contributed by atoms with Gasteiger partial charge < -0.3 is 14.8 Å². The normalized spacial score (nSPS) is 10.7. The Kier molecular flexibility index (Phi) is 7.90. The Bertz CT molecular complexity index is 1270. The highest BCUT2D eigenvalue weighted by Crippen LogP contribution is 2.19. The molecule has 1 amide bonds.